The highest BCUT2D eigenvalue weighted by Gasteiger charge is 2.42. The first-order valence-electron chi connectivity index (χ1n) is 3.05. The first kappa shape index (κ1) is 4.38. The molecule has 7 heavy (non-hydrogen) atoms. The molecule has 2 unspecified atom stereocenters. The van der Waals surface area contributed by atoms with Gasteiger partial charge in [-0.1, -0.05) is 0 Å². The zero-order chi connectivity index (χ0) is 4.85. The fraction of sp³-hybridized carbons (Fsp3) is 1.00. The Kier molecular flexibility index (Phi) is 0.785. The second kappa shape index (κ2) is 1.26. The van der Waals surface area contributed by atoms with Crippen molar-refractivity contribution in [3.63, 3.8) is 0 Å². The van der Waals surface area contributed by atoms with Crippen LogP contribution in [0.2, 0.25) is 0 Å². The molecule has 1 heterocycles. The van der Waals surface area contributed by atoms with Crippen LogP contribution in [0.5, 0.6) is 0 Å². The summed E-state index contributed by atoms with van der Waals surface area (Å²) in [5.41, 5.74) is 0. The van der Waals surface area contributed by atoms with Crippen molar-refractivity contribution in [3.05, 3.63) is 0 Å². The fourth-order valence-electron chi connectivity index (χ4n) is 1.63. The number of hydrogen-bond donors (Lipinski definition) is 0. The van der Waals surface area contributed by atoms with Gasteiger partial charge in [0.15, 0.2) is 0 Å². The van der Waals surface area contributed by atoms with Crippen LogP contribution in [-0.2, 0) is 0 Å². The van der Waals surface area contributed by atoms with Crippen molar-refractivity contribution in [2.24, 2.45) is 11.8 Å². The number of piperidine rings is 1. The molecular weight excluding hydrogens is 101 g/mol. The topological polar surface area (TPSA) is 3.24 Å². The maximum Gasteiger partial charge on any atom is 0.321 e. The molecule has 0 bridgehead atoms. The molecule has 0 aromatic carbocycles. The Labute approximate surface area is 52.3 Å². The quantitative estimate of drug-likeness (QED) is 0.380. The fourth-order valence-corrected chi connectivity index (χ4v) is 2.57. The van der Waals surface area contributed by atoms with E-state index in [1.807, 2.05) is 0 Å². The lowest BCUT2D eigenvalue weighted by Crippen LogP contribution is -2.17. The number of nitrogens with zero attached hydrogens (tertiary/aromatic N) is 1. The molecule has 1 nitrogen and oxygen atoms in total. The zero-order valence-electron chi connectivity index (χ0n) is 4.72. The van der Waals surface area contributed by atoms with Crippen molar-refractivity contribution >= 4 is 16.5 Å². The normalized spacial score (nSPS) is 49.1. The molecule has 1 aliphatic heterocycles. The van der Waals surface area contributed by atoms with Gasteiger partial charge in [-0.3, -0.25) is 0 Å². The Balaban J connectivity index is 2.02. The summed E-state index contributed by atoms with van der Waals surface area (Å²) in [6, 6.07) is 0. The standard InChI is InChI=1S/C5H8N.Al.2H/c1-4-2-6-3-5(1)4;;;/h4-5H,1-3H2;;;/q-1;+1;;. The van der Waals surface area contributed by atoms with Gasteiger partial charge in [0, 0.05) is 0 Å². The molecule has 1 aliphatic carbocycles. The molecule has 1 saturated heterocycles. The lowest BCUT2D eigenvalue weighted by Gasteiger charge is -2.08. The molecule has 0 spiro atoms. The summed E-state index contributed by atoms with van der Waals surface area (Å²) in [6.07, 6.45) is 1.55. The predicted molar refractivity (Wildman–Crippen MR) is 31.7 cm³/mol. The van der Waals surface area contributed by atoms with Crippen molar-refractivity contribution in [1.29, 1.82) is 0 Å². The van der Waals surface area contributed by atoms with Gasteiger partial charge in [-0.05, 0) is 31.3 Å². The van der Waals surface area contributed by atoms with Crippen molar-refractivity contribution in [3.8, 4) is 0 Å². The molecule has 0 amide bonds. The molecule has 0 aromatic rings. The van der Waals surface area contributed by atoms with Crippen LogP contribution in [0.3, 0.4) is 0 Å². The van der Waals surface area contributed by atoms with Crippen LogP contribution in [0.25, 0.3) is 0 Å². The predicted octanol–water partition coefficient (Wildman–Crippen LogP) is -0.514. The van der Waals surface area contributed by atoms with Crippen LogP contribution in [0.4, 0.5) is 0 Å². The highest BCUT2D eigenvalue weighted by molar-refractivity contribution is 6.04. The van der Waals surface area contributed by atoms with Gasteiger partial charge in [0.05, 0.1) is 0 Å². The molecular formula is C5H10AlN. The Bertz CT molecular complexity index is 84.1. The Morgan fingerprint density at radius 3 is 2.14 bits per heavy atom. The summed E-state index contributed by atoms with van der Waals surface area (Å²) in [7, 11) is 0. The monoisotopic (exact) mass is 111 g/mol. The minimum atomic E-state index is 1.15. The third-order valence-corrected chi connectivity index (χ3v) is 2.89. The molecule has 38 valence electrons. The Hall–Kier alpha value is 0.492. The molecule has 0 N–H and O–H groups in total. The van der Waals surface area contributed by atoms with Crippen molar-refractivity contribution in [1.82, 2.24) is 3.88 Å². The smallest absolute Gasteiger partial charge is 0.321 e. The second-order valence-electron chi connectivity index (χ2n) is 2.98. The van der Waals surface area contributed by atoms with E-state index < -0.39 is 0 Å². The van der Waals surface area contributed by atoms with Gasteiger partial charge < -0.3 is 3.88 Å². The van der Waals surface area contributed by atoms with Crippen LogP contribution in [0.15, 0.2) is 0 Å². The third-order valence-electron chi connectivity index (χ3n) is 2.16. The molecule has 2 aliphatic rings. The van der Waals surface area contributed by atoms with E-state index in [1.165, 1.54) is 29.6 Å². The molecule has 2 fully saturated rings. The average Bonchev–Trinajstić information content (AvgIpc) is 2.15. The van der Waals surface area contributed by atoms with E-state index >= 15 is 0 Å². The van der Waals surface area contributed by atoms with Crippen molar-refractivity contribution in [2.75, 3.05) is 13.1 Å². The van der Waals surface area contributed by atoms with Crippen LogP contribution in [0.1, 0.15) is 6.42 Å². The van der Waals surface area contributed by atoms with Gasteiger partial charge in [0.2, 0.25) is 0 Å². The number of hydrogen-bond acceptors (Lipinski definition) is 1. The Morgan fingerprint density at radius 2 is 1.86 bits per heavy atom. The summed E-state index contributed by atoms with van der Waals surface area (Å²) < 4.78 is 2.57. The van der Waals surface area contributed by atoms with E-state index in [0.717, 1.165) is 11.8 Å². The first-order chi connectivity index (χ1) is 3.36. The van der Waals surface area contributed by atoms with Crippen LogP contribution < -0.4 is 0 Å². The van der Waals surface area contributed by atoms with Crippen LogP contribution in [-0.4, -0.2) is 33.5 Å². The van der Waals surface area contributed by atoms with Crippen LogP contribution >= 0.6 is 0 Å². The largest absolute Gasteiger partial charge is 0.390 e. The minimum Gasteiger partial charge on any atom is -0.390 e. The summed E-state index contributed by atoms with van der Waals surface area (Å²) >= 11 is 1.30. The maximum atomic E-state index is 2.57. The molecule has 2 rings (SSSR count). The average molecular weight is 111 g/mol. The van der Waals surface area contributed by atoms with Gasteiger partial charge in [-0.2, -0.15) is 0 Å². The van der Waals surface area contributed by atoms with Crippen LogP contribution in [0, 0.1) is 11.8 Å². The molecule has 2 heteroatoms. The van der Waals surface area contributed by atoms with Gasteiger partial charge >= 0.3 is 16.5 Å². The van der Waals surface area contributed by atoms with Gasteiger partial charge in [0.25, 0.3) is 0 Å². The molecule has 0 radical (unpaired) electrons. The maximum absolute atomic E-state index is 2.57. The minimum absolute atomic E-state index is 1.15. The lowest BCUT2D eigenvalue weighted by atomic mass is 10.4. The summed E-state index contributed by atoms with van der Waals surface area (Å²) in [5.74, 6) is 2.30. The van der Waals surface area contributed by atoms with Gasteiger partial charge in [-0.25, -0.2) is 0 Å². The van der Waals surface area contributed by atoms with E-state index in [0.29, 0.717) is 0 Å². The van der Waals surface area contributed by atoms with E-state index in [1.54, 1.807) is 6.42 Å². The summed E-state index contributed by atoms with van der Waals surface area (Å²) in [4.78, 5) is 0. The van der Waals surface area contributed by atoms with E-state index in [-0.39, 0.29) is 0 Å². The summed E-state index contributed by atoms with van der Waals surface area (Å²) in [6.45, 7) is 2.88. The number of rotatable bonds is 0. The highest BCUT2D eigenvalue weighted by Crippen LogP contribution is 2.43. The third kappa shape index (κ3) is 0.624. The SMILES string of the molecule is [AlH2][N]1CC2CC2C1. The second-order valence-corrected chi connectivity index (χ2v) is 4.24. The van der Waals surface area contributed by atoms with Gasteiger partial charge in [-0.15, -0.1) is 0 Å². The van der Waals surface area contributed by atoms with Crippen molar-refractivity contribution in [2.45, 2.75) is 6.42 Å². The van der Waals surface area contributed by atoms with E-state index in [9.17, 15) is 0 Å². The highest BCUT2D eigenvalue weighted by atomic mass is 27.1. The zero-order valence-corrected chi connectivity index (χ0v) is 6.72. The number of fused-ring (bicyclic) bond motifs is 1. The Morgan fingerprint density at radius 1 is 1.29 bits per heavy atom. The summed E-state index contributed by atoms with van der Waals surface area (Å²) in [5, 5.41) is 0. The van der Waals surface area contributed by atoms with Gasteiger partial charge in [0.1, 0.15) is 0 Å². The molecule has 2 atom stereocenters. The molecule has 0 aromatic heterocycles. The first-order valence-corrected chi connectivity index (χ1v) is 3.94. The van der Waals surface area contributed by atoms with E-state index in [4.69, 9.17) is 0 Å². The lowest BCUT2D eigenvalue weighted by molar-refractivity contribution is 0.499. The van der Waals surface area contributed by atoms with Crippen molar-refractivity contribution < 1.29 is 0 Å². The van der Waals surface area contributed by atoms with E-state index in [2.05, 4.69) is 3.88 Å². The molecule has 1 saturated carbocycles.